The first-order chi connectivity index (χ1) is 15.4. The maximum atomic E-state index is 13.4. The molecule has 0 atom stereocenters. The summed E-state index contributed by atoms with van der Waals surface area (Å²) in [5, 5.41) is 0. The highest BCUT2D eigenvalue weighted by Crippen LogP contribution is 2.30. The molecule has 0 radical (unpaired) electrons. The van der Waals surface area contributed by atoms with Crippen molar-refractivity contribution in [1.29, 1.82) is 0 Å². The van der Waals surface area contributed by atoms with Crippen LogP contribution in [0.15, 0.2) is 77.4 Å². The van der Waals surface area contributed by atoms with E-state index in [0.29, 0.717) is 22.4 Å². The number of benzene rings is 3. The monoisotopic (exact) mass is 431 g/mol. The third-order valence-electron chi connectivity index (χ3n) is 4.75. The fourth-order valence-electron chi connectivity index (χ4n) is 3.13. The number of methoxy groups -OCH3 is 1. The Labute approximate surface area is 183 Å². The van der Waals surface area contributed by atoms with Crippen LogP contribution >= 0.6 is 0 Å². The summed E-state index contributed by atoms with van der Waals surface area (Å²) < 4.78 is 29.4. The lowest BCUT2D eigenvalue weighted by Gasteiger charge is -2.11. The molecule has 4 rings (SSSR count). The van der Waals surface area contributed by atoms with Crippen LogP contribution in [0.25, 0.3) is 6.08 Å². The van der Waals surface area contributed by atoms with Gasteiger partial charge >= 0.3 is 11.9 Å². The van der Waals surface area contributed by atoms with Gasteiger partial charge in [-0.25, -0.2) is 19.0 Å². The summed E-state index contributed by atoms with van der Waals surface area (Å²) >= 11 is 0. The Kier molecular flexibility index (Phi) is 5.81. The number of carbonyl (C=O) groups excluding carboxylic acids is 2. The minimum absolute atomic E-state index is 0.0245. The van der Waals surface area contributed by atoms with Crippen molar-refractivity contribution in [1.82, 2.24) is 0 Å². The van der Waals surface area contributed by atoms with Gasteiger partial charge in [-0.05, 0) is 60.5 Å². The highest BCUT2D eigenvalue weighted by molar-refractivity contribution is 6.12. The van der Waals surface area contributed by atoms with Crippen LogP contribution in [0.4, 0.5) is 4.39 Å². The summed E-state index contributed by atoms with van der Waals surface area (Å²) in [6.07, 6.45) is 1.50. The summed E-state index contributed by atoms with van der Waals surface area (Å²) in [5.74, 6) is -1.05. The largest absolute Gasteiger partial charge is 0.493 e. The number of halogens is 1. The molecule has 7 heteroatoms. The molecule has 1 heterocycles. The molecule has 0 aliphatic carbocycles. The van der Waals surface area contributed by atoms with Crippen LogP contribution in [0.5, 0.6) is 11.5 Å². The molecule has 0 aromatic heterocycles. The Morgan fingerprint density at radius 1 is 1.03 bits per heavy atom. The number of rotatable bonds is 5. The first-order valence-corrected chi connectivity index (χ1v) is 9.69. The van der Waals surface area contributed by atoms with Gasteiger partial charge in [0.1, 0.15) is 5.82 Å². The van der Waals surface area contributed by atoms with Gasteiger partial charge in [0.2, 0.25) is 5.90 Å². The van der Waals surface area contributed by atoms with E-state index in [9.17, 15) is 14.0 Å². The summed E-state index contributed by atoms with van der Waals surface area (Å²) in [7, 11) is 1.45. The lowest BCUT2D eigenvalue weighted by atomic mass is 10.1. The fourth-order valence-corrected chi connectivity index (χ4v) is 3.13. The summed E-state index contributed by atoms with van der Waals surface area (Å²) in [5.41, 5.74) is 2.24. The van der Waals surface area contributed by atoms with E-state index in [1.165, 1.54) is 31.4 Å². The number of carbonyl (C=O) groups is 2. The van der Waals surface area contributed by atoms with Gasteiger partial charge in [-0.15, -0.1) is 0 Å². The van der Waals surface area contributed by atoms with Gasteiger partial charge < -0.3 is 14.2 Å². The highest BCUT2D eigenvalue weighted by atomic mass is 19.1. The molecule has 3 aromatic carbocycles. The average molecular weight is 431 g/mol. The Hall–Kier alpha value is -4.26. The van der Waals surface area contributed by atoms with Crippen molar-refractivity contribution in [3.05, 3.63) is 100 Å². The van der Waals surface area contributed by atoms with Crippen molar-refractivity contribution in [2.75, 3.05) is 7.11 Å². The summed E-state index contributed by atoms with van der Waals surface area (Å²) in [4.78, 5) is 28.9. The predicted molar refractivity (Wildman–Crippen MR) is 116 cm³/mol. The molecule has 0 saturated heterocycles. The smallest absolute Gasteiger partial charge is 0.363 e. The number of hydrogen-bond donors (Lipinski definition) is 0. The van der Waals surface area contributed by atoms with E-state index >= 15 is 0 Å². The number of aliphatic imine (C=N–C) groups is 1. The molecule has 0 fully saturated rings. The Balaban J connectivity index is 1.59. The van der Waals surface area contributed by atoms with Crippen molar-refractivity contribution in [2.24, 2.45) is 4.99 Å². The van der Waals surface area contributed by atoms with Gasteiger partial charge in [0.25, 0.3) is 0 Å². The second kappa shape index (κ2) is 8.85. The van der Waals surface area contributed by atoms with E-state index in [4.69, 9.17) is 14.2 Å². The molecule has 32 heavy (non-hydrogen) atoms. The highest BCUT2D eigenvalue weighted by Gasteiger charge is 2.24. The Morgan fingerprint density at radius 2 is 1.84 bits per heavy atom. The van der Waals surface area contributed by atoms with Crippen molar-refractivity contribution in [3.8, 4) is 11.5 Å². The number of ether oxygens (including phenoxy) is 3. The van der Waals surface area contributed by atoms with Crippen LogP contribution in [0.3, 0.4) is 0 Å². The van der Waals surface area contributed by atoms with Gasteiger partial charge in [-0.3, -0.25) is 0 Å². The molecule has 0 N–H and O–H groups in total. The normalized spacial score (nSPS) is 14.2. The van der Waals surface area contributed by atoms with Crippen molar-refractivity contribution in [3.63, 3.8) is 0 Å². The van der Waals surface area contributed by atoms with E-state index in [2.05, 4.69) is 4.99 Å². The molecule has 0 amide bonds. The van der Waals surface area contributed by atoms with Crippen LogP contribution in [0.1, 0.15) is 27.0 Å². The molecule has 0 unspecified atom stereocenters. The van der Waals surface area contributed by atoms with Gasteiger partial charge in [-0.1, -0.05) is 30.3 Å². The maximum absolute atomic E-state index is 13.4. The molecule has 0 bridgehead atoms. The first-order valence-electron chi connectivity index (χ1n) is 9.69. The van der Waals surface area contributed by atoms with Crippen LogP contribution in [0, 0.1) is 12.7 Å². The third-order valence-corrected chi connectivity index (χ3v) is 4.75. The quantitative estimate of drug-likeness (QED) is 0.332. The van der Waals surface area contributed by atoms with Gasteiger partial charge in [-0.2, -0.15) is 0 Å². The standard InChI is InChI=1S/C25H18FNO5/c1-15-6-3-4-9-19(15)24(28)31-21-11-10-16(13-22(21)30-2)12-20-25(29)32-23(27-20)17-7-5-8-18(26)14-17/h3-14H,1-2H3. The lowest BCUT2D eigenvalue weighted by molar-refractivity contribution is -0.129. The van der Waals surface area contributed by atoms with E-state index in [-0.39, 0.29) is 17.3 Å². The number of esters is 2. The molecule has 3 aromatic rings. The summed E-state index contributed by atoms with van der Waals surface area (Å²) in [6, 6.07) is 17.6. The number of cyclic esters (lactones) is 1. The molecule has 0 saturated carbocycles. The minimum atomic E-state index is -0.654. The molecule has 6 nitrogen and oxygen atoms in total. The minimum Gasteiger partial charge on any atom is -0.493 e. The third kappa shape index (κ3) is 4.41. The topological polar surface area (TPSA) is 74.2 Å². The Bertz CT molecular complexity index is 1280. The van der Waals surface area contributed by atoms with Crippen molar-refractivity contribution in [2.45, 2.75) is 6.92 Å². The molecule has 1 aliphatic rings. The van der Waals surface area contributed by atoms with Crippen LogP contribution in [0.2, 0.25) is 0 Å². The zero-order valence-corrected chi connectivity index (χ0v) is 17.3. The van der Waals surface area contributed by atoms with Crippen LogP contribution in [-0.4, -0.2) is 24.9 Å². The molecule has 1 aliphatic heterocycles. The zero-order chi connectivity index (χ0) is 22.7. The predicted octanol–water partition coefficient (Wildman–Crippen LogP) is 4.71. The van der Waals surface area contributed by atoms with E-state index < -0.39 is 17.8 Å². The van der Waals surface area contributed by atoms with Gasteiger partial charge in [0, 0.05) is 5.56 Å². The van der Waals surface area contributed by atoms with Crippen LogP contribution < -0.4 is 9.47 Å². The maximum Gasteiger partial charge on any atom is 0.363 e. The molecule has 0 spiro atoms. The lowest BCUT2D eigenvalue weighted by Crippen LogP contribution is -2.10. The summed E-state index contributed by atoms with van der Waals surface area (Å²) in [6.45, 7) is 1.82. The number of aryl methyl sites for hydroxylation is 1. The zero-order valence-electron chi connectivity index (χ0n) is 17.3. The van der Waals surface area contributed by atoms with E-state index in [1.807, 2.05) is 19.1 Å². The second-order valence-electron chi connectivity index (χ2n) is 6.96. The fraction of sp³-hybridized carbons (Fsp3) is 0.0800. The van der Waals surface area contributed by atoms with Gasteiger partial charge in [0.15, 0.2) is 17.2 Å². The SMILES string of the molecule is COc1cc(C=C2N=C(c3cccc(F)c3)OC2=O)ccc1OC(=O)c1ccccc1C. The molecule has 160 valence electrons. The second-order valence-corrected chi connectivity index (χ2v) is 6.96. The number of nitrogens with zero attached hydrogens (tertiary/aromatic N) is 1. The van der Waals surface area contributed by atoms with E-state index in [0.717, 1.165) is 5.56 Å². The molecular formula is C25H18FNO5. The molecular weight excluding hydrogens is 413 g/mol. The van der Waals surface area contributed by atoms with Crippen molar-refractivity contribution >= 4 is 23.9 Å². The van der Waals surface area contributed by atoms with E-state index in [1.54, 1.807) is 36.4 Å². The van der Waals surface area contributed by atoms with Crippen LogP contribution in [-0.2, 0) is 9.53 Å². The van der Waals surface area contributed by atoms with Crippen molar-refractivity contribution < 1.29 is 28.2 Å². The Morgan fingerprint density at radius 3 is 2.59 bits per heavy atom. The number of hydrogen-bond acceptors (Lipinski definition) is 6. The average Bonchev–Trinajstić information content (AvgIpc) is 3.15. The van der Waals surface area contributed by atoms with Gasteiger partial charge in [0.05, 0.1) is 12.7 Å². The first kappa shape index (κ1) is 21.0.